The van der Waals surface area contributed by atoms with Crippen molar-refractivity contribution in [2.24, 2.45) is 16.8 Å². The monoisotopic (exact) mass is 531 g/mol. The topological polar surface area (TPSA) is 110 Å². The molecule has 7 nitrogen and oxygen atoms in total. The van der Waals surface area contributed by atoms with E-state index in [2.05, 4.69) is 14.8 Å². The number of hydrazone groups is 1. The predicted octanol–water partition coefficient (Wildman–Crippen LogP) is 4.37. The number of hydrazine groups is 1. The summed E-state index contributed by atoms with van der Waals surface area (Å²) in [6, 6.07) is 8.23. The largest absolute Gasteiger partial charge is 0.573 e. The van der Waals surface area contributed by atoms with Gasteiger partial charge in [0, 0.05) is 23.4 Å². The highest BCUT2D eigenvalue weighted by Crippen LogP contribution is 2.46. The Balaban J connectivity index is 2.00. The van der Waals surface area contributed by atoms with Crippen LogP contribution in [0.5, 0.6) is 5.75 Å². The zero-order chi connectivity index (χ0) is 27.6. The Kier molecular flexibility index (Phi) is 7.64. The van der Waals surface area contributed by atoms with Gasteiger partial charge in [-0.15, -0.1) is 13.2 Å². The van der Waals surface area contributed by atoms with Crippen molar-refractivity contribution in [3.63, 3.8) is 0 Å². The maximum absolute atomic E-state index is 15.8. The number of hydrogen-bond acceptors (Lipinski definition) is 6. The van der Waals surface area contributed by atoms with Crippen LogP contribution in [-0.4, -0.2) is 33.8 Å². The van der Waals surface area contributed by atoms with Crippen LogP contribution >= 0.6 is 0 Å². The van der Waals surface area contributed by atoms with Crippen molar-refractivity contribution in [3.05, 3.63) is 83.7 Å². The van der Waals surface area contributed by atoms with Crippen LogP contribution < -0.4 is 16.4 Å². The summed E-state index contributed by atoms with van der Waals surface area (Å²) in [7, 11) is 0. The lowest BCUT2D eigenvalue weighted by molar-refractivity contribution is -0.274. The van der Waals surface area contributed by atoms with Crippen LogP contribution in [0.1, 0.15) is 18.2 Å². The number of halogens is 7. The van der Waals surface area contributed by atoms with Crippen molar-refractivity contribution < 1.29 is 40.6 Å². The molecule has 5 N–H and O–H groups in total. The normalized spacial score (nSPS) is 14.3. The second-order valence-electron chi connectivity index (χ2n) is 7.87. The standard InChI is InChI=1S/C23H20F7N5O2/c1-13(34-31)35(32)12-21(36,18-8-5-16(24)10-19(18)25)22(26,27)20-9-4-15(11-33-20)14-2-6-17(7-3-14)37-23(28,29)30/h2-11,36H,12,31-32H2,1H3/b34-13-. The van der Waals surface area contributed by atoms with Crippen molar-refractivity contribution in [1.29, 1.82) is 0 Å². The van der Waals surface area contributed by atoms with Gasteiger partial charge in [0.2, 0.25) is 0 Å². The molecular formula is C23H20F7N5O2. The van der Waals surface area contributed by atoms with Gasteiger partial charge in [-0.2, -0.15) is 13.9 Å². The highest BCUT2D eigenvalue weighted by Gasteiger charge is 2.58. The number of nitrogens with zero attached hydrogens (tertiary/aromatic N) is 3. The van der Waals surface area contributed by atoms with Crippen molar-refractivity contribution in [1.82, 2.24) is 9.99 Å². The number of hydrogen-bond donors (Lipinski definition) is 3. The van der Waals surface area contributed by atoms with Gasteiger partial charge in [0.1, 0.15) is 28.9 Å². The number of aliphatic hydroxyl groups is 1. The third-order valence-electron chi connectivity index (χ3n) is 5.40. The lowest BCUT2D eigenvalue weighted by Gasteiger charge is -2.38. The van der Waals surface area contributed by atoms with Gasteiger partial charge in [0.25, 0.3) is 0 Å². The number of benzene rings is 2. The summed E-state index contributed by atoms with van der Waals surface area (Å²) in [6.45, 7) is 0.122. The van der Waals surface area contributed by atoms with Crippen LogP contribution in [0.4, 0.5) is 30.7 Å². The second kappa shape index (κ2) is 10.2. The molecule has 1 atom stereocenters. The Morgan fingerprint density at radius 1 is 1.00 bits per heavy atom. The van der Waals surface area contributed by atoms with E-state index in [9.17, 15) is 27.1 Å². The van der Waals surface area contributed by atoms with Gasteiger partial charge in [0.05, 0.1) is 6.54 Å². The number of pyridine rings is 1. The molecule has 0 amide bonds. The maximum Gasteiger partial charge on any atom is 0.573 e. The Bertz CT molecular complexity index is 1270. The van der Waals surface area contributed by atoms with E-state index < -0.39 is 53.1 Å². The number of alkyl halides is 5. The van der Waals surface area contributed by atoms with Crippen LogP contribution in [0.15, 0.2) is 65.9 Å². The van der Waals surface area contributed by atoms with E-state index in [0.717, 1.165) is 24.4 Å². The Morgan fingerprint density at radius 3 is 2.14 bits per heavy atom. The molecule has 198 valence electrons. The summed E-state index contributed by atoms with van der Waals surface area (Å²) in [4.78, 5) is 3.69. The fourth-order valence-corrected chi connectivity index (χ4v) is 3.42. The molecule has 0 aliphatic rings. The van der Waals surface area contributed by atoms with Gasteiger partial charge >= 0.3 is 12.3 Å². The molecule has 3 rings (SSSR count). The van der Waals surface area contributed by atoms with Gasteiger partial charge in [-0.1, -0.05) is 18.2 Å². The molecule has 0 radical (unpaired) electrons. The molecule has 1 unspecified atom stereocenters. The molecule has 2 aromatic carbocycles. The third-order valence-corrected chi connectivity index (χ3v) is 5.40. The minimum absolute atomic E-state index is 0.182. The smallest absolute Gasteiger partial charge is 0.406 e. The van der Waals surface area contributed by atoms with Gasteiger partial charge in [-0.25, -0.2) is 14.6 Å². The van der Waals surface area contributed by atoms with Crippen LogP contribution in [-0.2, 0) is 11.5 Å². The molecule has 0 bridgehead atoms. The van der Waals surface area contributed by atoms with Gasteiger partial charge in [0.15, 0.2) is 5.60 Å². The van der Waals surface area contributed by atoms with E-state index in [4.69, 9.17) is 11.7 Å². The Labute approximate surface area is 205 Å². The fraction of sp³-hybridized carbons (Fsp3) is 0.217. The van der Waals surface area contributed by atoms with E-state index in [1.165, 1.54) is 25.1 Å². The molecule has 1 aromatic heterocycles. The Hall–Kier alpha value is -3.91. The molecule has 0 aliphatic carbocycles. The van der Waals surface area contributed by atoms with E-state index in [0.29, 0.717) is 28.8 Å². The van der Waals surface area contributed by atoms with Gasteiger partial charge in [-0.05, 0) is 42.8 Å². The molecule has 0 saturated carbocycles. The molecule has 1 heterocycles. The lowest BCUT2D eigenvalue weighted by atomic mass is 9.84. The van der Waals surface area contributed by atoms with Crippen molar-refractivity contribution in [2.45, 2.75) is 24.8 Å². The van der Waals surface area contributed by atoms with Crippen molar-refractivity contribution in [2.75, 3.05) is 6.54 Å². The molecular weight excluding hydrogens is 511 g/mol. The Morgan fingerprint density at radius 2 is 1.62 bits per heavy atom. The summed E-state index contributed by atoms with van der Waals surface area (Å²) >= 11 is 0. The quantitative estimate of drug-likeness (QED) is 0.137. The number of ether oxygens (including phenoxy) is 1. The first kappa shape index (κ1) is 27.7. The average molecular weight is 531 g/mol. The van der Waals surface area contributed by atoms with E-state index >= 15 is 8.78 Å². The number of nitrogens with two attached hydrogens (primary N) is 2. The first-order chi connectivity index (χ1) is 17.2. The van der Waals surface area contributed by atoms with Crippen LogP contribution in [0, 0.1) is 11.6 Å². The molecule has 14 heteroatoms. The summed E-state index contributed by atoms with van der Waals surface area (Å²) in [6.07, 6.45) is -3.90. The molecule has 0 saturated heterocycles. The number of aromatic nitrogens is 1. The van der Waals surface area contributed by atoms with Crippen LogP contribution in [0.2, 0.25) is 0 Å². The number of rotatable bonds is 7. The molecule has 3 aromatic rings. The maximum atomic E-state index is 15.8. The zero-order valence-corrected chi connectivity index (χ0v) is 19.0. The summed E-state index contributed by atoms with van der Waals surface area (Å²) < 4.78 is 100. The highest BCUT2D eigenvalue weighted by molar-refractivity contribution is 5.78. The molecule has 0 spiro atoms. The third kappa shape index (κ3) is 5.91. The zero-order valence-electron chi connectivity index (χ0n) is 19.0. The van der Waals surface area contributed by atoms with Gasteiger partial charge < -0.3 is 15.7 Å². The number of amidine groups is 1. The summed E-state index contributed by atoms with van der Waals surface area (Å²) in [5, 5.41) is 15.0. The summed E-state index contributed by atoms with van der Waals surface area (Å²) in [5.41, 5.74) is -4.79. The first-order valence-corrected chi connectivity index (χ1v) is 10.3. The molecule has 37 heavy (non-hydrogen) atoms. The minimum atomic E-state index is -4.88. The summed E-state index contributed by atoms with van der Waals surface area (Å²) in [5.74, 6) is 3.30. The van der Waals surface area contributed by atoms with Crippen molar-refractivity contribution >= 4 is 5.84 Å². The van der Waals surface area contributed by atoms with Crippen LogP contribution in [0.3, 0.4) is 0 Å². The SMILES string of the molecule is C/C(=N/N)N(N)CC(O)(c1ccc(F)cc1F)C(F)(F)c1ccc(-c2ccc(OC(F)(F)F)cc2)cn1. The predicted molar refractivity (Wildman–Crippen MR) is 119 cm³/mol. The average Bonchev–Trinajstić information content (AvgIpc) is 2.82. The van der Waals surface area contributed by atoms with Crippen molar-refractivity contribution in [3.8, 4) is 16.9 Å². The fourth-order valence-electron chi connectivity index (χ4n) is 3.42. The second-order valence-corrected chi connectivity index (χ2v) is 7.87. The van der Waals surface area contributed by atoms with E-state index in [1.54, 1.807) is 0 Å². The molecule has 0 fully saturated rings. The molecule has 0 aliphatic heterocycles. The van der Waals surface area contributed by atoms with E-state index in [1.807, 2.05) is 0 Å². The minimum Gasteiger partial charge on any atom is -0.406 e. The highest BCUT2D eigenvalue weighted by atomic mass is 19.4. The van der Waals surface area contributed by atoms with Gasteiger partial charge in [-0.3, -0.25) is 9.99 Å². The van der Waals surface area contributed by atoms with E-state index in [-0.39, 0.29) is 11.4 Å². The van der Waals surface area contributed by atoms with Crippen LogP contribution in [0.25, 0.3) is 11.1 Å². The first-order valence-electron chi connectivity index (χ1n) is 10.3. The lowest BCUT2D eigenvalue weighted by Crippen LogP contribution is -2.55.